The Balaban J connectivity index is 0.000000182. The Labute approximate surface area is 1040 Å². The minimum absolute atomic E-state index is 0.0391. The van der Waals surface area contributed by atoms with Gasteiger partial charge in [0.2, 0.25) is 6.10 Å². The molecule has 6 aromatic rings. The Hall–Kier alpha value is 2.80. The van der Waals surface area contributed by atoms with Gasteiger partial charge in [0.05, 0.1) is 72.2 Å². The van der Waals surface area contributed by atoms with E-state index < -0.39 is 197 Å². The highest BCUT2D eigenvalue weighted by Crippen LogP contribution is 2.67. The molecule has 0 radical (unpaired) electrons. The molecule has 11 aliphatic rings. The summed E-state index contributed by atoms with van der Waals surface area (Å²) in [7, 11) is -22.4. The van der Waals surface area contributed by atoms with Gasteiger partial charge in [-0.25, -0.2) is 25.3 Å². The van der Waals surface area contributed by atoms with E-state index in [1.807, 2.05) is 104 Å². The minimum atomic E-state index is -6.25. The molecule has 8 aliphatic carbocycles. The molecule has 3 aliphatic heterocycles. The summed E-state index contributed by atoms with van der Waals surface area (Å²) in [5.74, 6) is -11.1. The number of amides is 6. The van der Waals surface area contributed by atoms with Gasteiger partial charge in [-0.1, -0.05) is 0 Å². The van der Waals surface area contributed by atoms with E-state index in [0.29, 0.717) is 75.2 Å². The monoisotopic (exact) mass is 4050 g/mol. The van der Waals surface area contributed by atoms with Gasteiger partial charge in [0.25, 0.3) is 45.6 Å². The van der Waals surface area contributed by atoms with Crippen molar-refractivity contribution in [3.63, 3.8) is 0 Å². The van der Waals surface area contributed by atoms with Gasteiger partial charge in [0, 0.05) is 92.0 Å². The number of hydrogen-bond donors (Lipinski definition) is 6. The van der Waals surface area contributed by atoms with Gasteiger partial charge in [-0.05, 0) is 576 Å². The number of hydrogen-bond acceptors (Lipinski definition) is 25. The van der Waals surface area contributed by atoms with E-state index >= 15 is 0 Å². The van der Waals surface area contributed by atoms with Crippen LogP contribution in [-0.4, -0.2) is 199 Å². The Morgan fingerprint density at radius 1 is 0.400 bits per heavy atom. The summed E-state index contributed by atoms with van der Waals surface area (Å²) >= 11 is 37.6. The fraction of sp³-hybridized carbons (Fsp3) is 0.438. The fourth-order valence-electron chi connectivity index (χ4n) is 20.8. The second kappa shape index (κ2) is 44.3. The van der Waals surface area contributed by atoms with Crippen molar-refractivity contribution in [2.45, 2.75) is 183 Å². The third kappa shape index (κ3) is 25.5. The van der Waals surface area contributed by atoms with Crippen LogP contribution in [0.1, 0.15) is 153 Å². The Morgan fingerprint density at radius 3 is 0.971 bits per heavy atom. The van der Waals surface area contributed by atoms with E-state index in [1.165, 1.54) is 0 Å². The summed E-state index contributed by atoms with van der Waals surface area (Å²) in [6, 6.07) is 20.4. The van der Waals surface area contributed by atoms with Gasteiger partial charge < -0.3 is 64.5 Å². The summed E-state index contributed by atoms with van der Waals surface area (Å²) in [5.41, 5.74) is -7.13. The zero-order chi connectivity index (χ0) is 104. The molecule has 11 fully saturated rings. The van der Waals surface area contributed by atoms with Crippen molar-refractivity contribution in [3.05, 3.63) is 170 Å². The maximum Gasteiger partial charge on any atom is 0.426 e. The number of halogens is 25. The quantitative estimate of drug-likeness (QED) is 0.00623. The van der Waals surface area contributed by atoms with E-state index in [1.54, 1.807) is 36.4 Å². The van der Waals surface area contributed by atoms with Gasteiger partial charge in [-0.15, -0.1) is 0 Å². The van der Waals surface area contributed by atoms with Crippen LogP contribution >= 0.6 is 407 Å². The number of ether oxygens (including phenoxy) is 4. The zero-order valence-corrected chi connectivity index (χ0v) is 112. The summed E-state index contributed by atoms with van der Waals surface area (Å²) in [4.78, 5) is 125. The van der Waals surface area contributed by atoms with E-state index in [-0.39, 0.29) is 81.1 Å². The molecule has 6 aromatic carbocycles. The lowest BCUT2D eigenvalue weighted by atomic mass is 9.41. The van der Waals surface area contributed by atoms with Crippen LogP contribution in [0.4, 0.5) is 30.7 Å². The number of carbonyl (C=O) groups excluding carboxylic acids is 9. The van der Waals surface area contributed by atoms with E-state index in [4.69, 9.17) is 18.4 Å². The van der Waals surface area contributed by atoms with Gasteiger partial charge >= 0.3 is 34.6 Å². The number of fused-ring (bicyclic) bond motifs is 1. The van der Waals surface area contributed by atoms with E-state index in [2.05, 4.69) is 376 Å². The molecule has 3 heterocycles. The molecule has 762 valence electrons. The molecular weight excluding hydrogens is 3990 g/mol. The van der Waals surface area contributed by atoms with Crippen LogP contribution in [0, 0.1) is 86.9 Å². The maximum atomic E-state index is 14.9. The number of rotatable bonds is 24. The Bertz CT molecular complexity index is 6470. The van der Waals surface area contributed by atoms with Crippen molar-refractivity contribution >= 4 is 500 Å². The van der Waals surface area contributed by atoms with Crippen LogP contribution in [0.15, 0.2) is 72.8 Å². The number of benzene rings is 6. The van der Waals surface area contributed by atoms with Crippen LogP contribution in [0.5, 0.6) is 0 Å². The second-order valence-corrected chi connectivity index (χ2v) is 62.2. The third-order valence-corrected chi connectivity index (χ3v) is 51.4. The smallest absolute Gasteiger partial charge is 0.426 e. The van der Waals surface area contributed by atoms with Crippen molar-refractivity contribution < 1.29 is 144 Å². The zero-order valence-electron chi connectivity index (χ0n) is 69.7. The molecule has 60 heteroatoms. The molecule has 0 aromatic heterocycles. The van der Waals surface area contributed by atoms with Crippen LogP contribution in [0.25, 0.3) is 0 Å². The lowest BCUT2D eigenvalue weighted by molar-refractivity contribution is -0.218. The molecule has 31 nitrogen and oxygen atoms in total. The minimum Gasteiger partial charge on any atom is -0.748 e. The fourth-order valence-corrected chi connectivity index (χ4v) is 38.6. The highest BCUT2D eigenvalue weighted by molar-refractivity contribution is 14.1. The highest BCUT2D eigenvalue weighted by atomic mass is 127. The standard InChI is InChI=1S/C35H26F2I9N3O8S.C28H24F2I6N2O7S.C17H13F3I3NO10S2/c1-14(35(36,37)58(54,55)56)57-30(53)31-8-32(47-27(50)18-2-15(38)5-21(41)24(18)44)11-33(9-31,48-28(51)19-3-16(39)6-22(42)25(19)45)13-34(10-31,12-32)49-29(52)20-4-17(40)7-23(43)26(20)46;1-12(28(29,30)46(42,43)44)45-24(41)25-6-13-7-26(9-25,37-22(39)16-2-14(31)4-18(33)20(16)35)11-27(8-13,10-25)38-23(40)17-3-15(32)5-19(34)21(17)36;18-17(19,20)7(3-35(27,28)29)32-16(26)8-11-10(12-13(33-11)14(8)36(30,31)34-12)24-15(25)5-1-4(21)2-6(22)9(5)23/h2-7,14H,8-13H2,1H3,(H,47,50)(H,48,51)(H,49,52)(H,54,55,56);2-5,12-13H,6-11H2,1H3,(H,37,39)(H,38,40)(H,42,43,44);1-2,7-8,10-14H,3H2,(H,24,25)(H,27,28,29)/p-3. The van der Waals surface area contributed by atoms with Crippen LogP contribution in [-0.2, 0) is 78.0 Å². The predicted molar refractivity (Wildman–Crippen MR) is 634 cm³/mol. The first-order valence-electron chi connectivity index (χ1n) is 39.9. The van der Waals surface area contributed by atoms with Gasteiger partial charge in [-0.2, -0.15) is 39.2 Å². The van der Waals surface area contributed by atoms with E-state index in [9.17, 15) is 121 Å². The summed E-state index contributed by atoms with van der Waals surface area (Å²) in [5, 5.41) is 6.96. The van der Waals surface area contributed by atoms with Gasteiger partial charge in [-0.3, -0.25) is 47.3 Å². The van der Waals surface area contributed by atoms with Gasteiger partial charge in [0.1, 0.15) is 23.4 Å². The molecular formula is C80H60F7I18N6O25S4-3. The first-order chi connectivity index (χ1) is 64.2. The van der Waals surface area contributed by atoms with Crippen molar-refractivity contribution in [1.82, 2.24) is 31.9 Å². The SMILES string of the molecule is CC(OC(=O)C12CC3(NC(=O)c4cc(I)cc(I)c4I)CC(NC(=O)c4cc(I)cc(I)c4I)(CC(NC(=O)c4cc(I)cc(I)c4I)(C3)C1)C2)C(F)(F)S(=O)(=O)[O-].CC(OC(=O)C12CC3CC(NC(=O)c4cc(I)cc(I)c4I)(CC(NC(=O)c4cc(I)cc(I)c4I)(C3)C1)C2)C(F)(F)S(=O)(=O)[O-].O=C(NC1C2OS(=O)(=O)C3C2OC1C3C(=O)OC(CS(=O)(=O)[O-])C(F)(F)F)c1cc(I)cc(I)c1I. The van der Waals surface area contributed by atoms with Crippen LogP contribution in [0.3, 0.4) is 0 Å². The molecule has 8 saturated carbocycles. The van der Waals surface area contributed by atoms with Gasteiger partial charge in [0.15, 0.2) is 32.4 Å². The molecule has 3 saturated heterocycles. The van der Waals surface area contributed by atoms with Crippen LogP contribution in [0.2, 0.25) is 0 Å². The number of nitrogens with one attached hydrogen (secondary N) is 6. The molecule has 6 amide bonds. The molecule has 11 atom stereocenters. The second-order valence-electron chi connectivity index (χ2n) is 35.2. The Morgan fingerprint density at radius 2 is 0.679 bits per heavy atom. The highest BCUT2D eigenvalue weighted by Gasteiger charge is 2.76. The molecule has 10 bridgehead atoms. The Kier molecular flexibility index (Phi) is 37.9. The lowest BCUT2D eigenvalue weighted by Crippen LogP contribution is -2.80. The first kappa shape index (κ1) is 120. The van der Waals surface area contributed by atoms with Crippen molar-refractivity contribution in [1.29, 1.82) is 0 Å². The van der Waals surface area contributed by atoms with E-state index in [0.717, 1.165) is 50.0 Å². The number of esters is 3. The summed E-state index contributed by atoms with van der Waals surface area (Å²) < 4.78 is 264. The third-order valence-electron chi connectivity index (χ3n) is 25.0. The average molecular weight is 4050 g/mol. The molecule has 11 unspecified atom stereocenters. The normalized spacial score (nSPS) is 27.7. The van der Waals surface area contributed by atoms with Crippen LogP contribution < -0.4 is 31.9 Å². The average Bonchev–Trinajstić information content (AvgIpc) is 1.24. The molecule has 140 heavy (non-hydrogen) atoms. The molecule has 6 N–H and O–H groups in total. The molecule has 0 spiro atoms. The summed E-state index contributed by atoms with van der Waals surface area (Å²) in [6.45, 7) is 1.30. The van der Waals surface area contributed by atoms with Crippen molar-refractivity contribution in [2.24, 2.45) is 22.7 Å². The van der Waals surface area contributed by atoms with Crippen molar-refractivity contribution in [2.75, 3.05) is 5.75 Å². The molecule has 17 rings (SSSR count). The number of alkyl halides is 7. The number of carbonyl (C=O) groups is 9. The lowest BCUT2D eigenvalue weighted by Gasteiger charge is -2.69. The largest absolute Gasteiger partial charge is 0.748 e. The van der Waals surface area contributed by atoms with Crippen molar-refractivity contribution in [3.8, 4) is 0 Å². The summed E-state index contributed by atoms with van der Waals surface area (Å²) in [6.07, 6.45) is -16.5. The first-order valence-corrected chi connectivity index (χ1v) is 65.1. The maximum absolute atomic E-state index is 14.9. The topological polar surface area (TPSA) is 478 Å². The predicted octanol–water partition coefficient (Wildman–Crippen LogP) is 17.5.